The van der Waals surface area contributed by atoms with Crippen LogP contribution in [0, 0.1) is 0 Å². The van der Waals surface area contributed by atoms with Crippen molar-refractivity contribution in [3.63, 3.8) is 0 Å². The van der Waals surface area contributed by atoms with Gasteiger partial charge in [0.25, 0.3) is 0 Å². The third-order valence-corrected chi connectivity index (χ3v) is 5.11. The molecule has 6 heteroatoms. The zero-order chi connectivity index (χ0) is 18.6. The Morgan fingerprint density at radius 3 is 2.70 bits per heavy atom. The molecule has 1 aliphatic heterocycles. The van der Waals surface area contributed by atoms with Gasteiger partial charge in [-0.1, -0.05) is 51.4 Å². The highest BCUT2D eigenvalue weighted by atomic mass is 79.9. The largest absolute Gasteiger partial charge is 0.337 e. The summed E-state index contributed by atoms with van der Waals surface area (Å²) in [5.41, 5.74) is 1.88. The van der Waals surface area contributed by atoms with Crippen LogP contribution in [-0.2, 0) is 4.79 Å². The van der Waals surface area contributed by atoms with Crippen LogP contribution in [-0.4, -0.2) is 27.5 Å². The fourth-order valence-corrected chi connectivity index (χ4v) is 3.47. The number of hydrogen-bond acceptors (Lipinski definition) is 4. The fraction of sp³-hybridized carbons (Fsp3) is 0.190. The molecular formula is C21H18BrN3O2. The molecule has 1 atom stereocenters. The van der Waals surface area contributed by atoms with Gasteiger partial charge in [0.2, 0.25) is 17.6 Å². The van der Waals surface area contributed by atoms with Crippen LogP contribution in [0.4, 0.5) is 0 Å². The number of carbonyl (C=O) groups is 1. The quantitative estimate of drug-likeness (QED) is 0.561. The third kappa shape index (κ3) is 4.01. The van der Waals surface area contributed by atoms with E-state index < -0.39 is 0 Å². The van der Waals surface area contributed by atoms with Gasteiger partial charge in [0, 0.05) is 22.7 Å². The lowest BCUT2D eigenvalue weighted by atomic mass is 10.2. The van der Waals surface area contributed by atoms with Gasteiger partial charge in [-0.2, -0.15) is 4.98 Å². The van der Waals surface area contributed by atoms with E-state index in [1.165, 1.54) is 0 Å². The van der Waals surface area contributed by atoms with Crippen molar-refractivity contribution < 1.29 is 9.32 Å². The Morgan fingerprint density at radius 2 is 1.93 bits per heavy atom. The van der Waals surface area contributed by atoms with Crippen molar-refractivity contribution >= 4 is 27.9 Å². The Hall–Kier alpha value is -2.73. The van der Waals surface area contributed by atoms with E-state index in [0.29, 0.717) is 18.3 Å². The molecule has 0 spiro atoms. The molecular weight excluding hydrogens is 406 g/mol. The molecule has 1 unspecified atom stereocenters. The van der Waals surface area contributed by atoms with E-state index in [9.17, 15) is 4.79 Å². The maximum absolute atomic E-state index is 12.7. The van der Waals surface area contributed by atoms with Crippen LogP contribution in [0.25, 0.3) is 17.5 Å². The van der Waals surface area contributed by atoms with Crippen molar-refractivity contribution in [2.75, 3.05) is 6.54 Å². The summed E-state index contributed by atoms with van der Waals surface area (Å²) in [6, 6.07) is 17.3. The Kier molecular flexibility index (Phi) is 5.16. The van der Waals surface area contributed by atoms with Crippen LogP contribution in [0.3, 0.4) is 0 Å². The molecule has 0 saturated carbocycles. The highest BCUT2D eigenvalue weighted by Crippen LogP contribution is 2.32. The van der Waals surface area contributed by atoms with Gasteiger partial charge < -0.3 is 9.42 Å². The van der Waals surface area contributed by atoms with Crippen molar-refractivity contribution in [2.24, 2.45) is 0 Å². The molecule has 5 nitrogen and oxygen atoms in total. The summed E-state index contributed by atoms with van der Waals surface area (Å²) in [5, 5.41) is 4.09. The monoisotopic (exact) mass is 423 g/mol. The number of likely N-dealkylation sites (tertiary alicyclic amines) is 1. The van der Waals surface area contributed by atoms with Crippen LogP contribution in [0.1, 0.15) is 30.3 Å². The van der Waals surface area contributed by atoms with Crippen LogP contribution < -0.4 is 0 Å². The number of hydrogen-bond donors (Lipinski definition) is 0. The summed E-state index contributed by atoms with van der Waals surface area (Å²) in [6.07, 6.45) is 5.19. The predicted octanol–water partition coefficient (Wildman–Crippen LogP) is 4.88. The van der Waals surface area contributed by atoms with Gasteiger partial charge in [0.15, 0.2) is 0 Å². The molecule has 0 aliphatic carbocycles. The summed E-state index contributed by atoms with van der Waals surface area (Å²) in [6.45, 7) is 0.693. The first-order chi connectivity index (χ1) is 13.2. The molecule has 0 bridgehead atoms. The smallest absolute Gasteiger partial charge is 0.249 e. The fourth-order valence-electron chi connectivity index (χ4n) is 3.20. The molecule has 27 heavy (non-hydrogen) atoms. The Morgan fingerprint density at radius 1 is 1.15 bits per heavy atom. The van der Waals surface area contributed by atoms with Gasteiger partial charge in [-0.25, -0.2) is 0 Å². The average Bonchev–Trinajstić information content (AvgIpc) is 3.37. The maximum Gasteiger partial charge on any atom is 0.249 e. The lowest BCUT2D eigenvalue weighted by Crippen LogP contribution is -2.29. The Balaban J connectivity index is 1.50. The van der Waals surface area contributed by atoms with E-state index in [1.54, 1.807) is 11.0 Å². The molecule has 1 aromatic heterocycles. The Bertz CT molecular complexity index is 951. The normalized spacial score (nSPS) is 16.9. The predicted molar refractivity (Wildman–Crippen MR) is 107 cm³/mol. The van der Waals surface area contributed by atoms with E-state index >= 15 is 0 Å². The molecule has 3 aromatic rings. The van der Waals surface area contributed by atoms with E-state index in [4.69, 9.17) is 4.52 Å². The van der Waals surface area contributed by atoms with Gasteiger partial charge in [-0.15, -0.1) is 0 Å². The minimum Gasteiger partial charge on any atom is -0.337 e. The van der Waals surface area contributed by atoms with Gasteiger partial charge >= 0.3 is 0 Å². The number of rotatable bonds is 4. The van der Waals surface area contributed by atoms with E-state index in [1.807, 2.05) is 60.7 Å². The summed E-state index contributed by atoms with van der Waals surface area (Å²) in [7, 11) is 0. The number of nitrogens with zero attached hydrogens (tertiary/aromatic N) is 3. The first-order valence-corrected chi connectivity index (χ1v) is 9.63. The van der Waals surface area contributed by atoms with Crippen molar-refractivity contribution in [2.45, 2.75) is 18.9 Å². The second-order valence-electron chi connectivity index (χ2n) is 6.40. The molecule has 0 N–H and O–H groups in total. The molecule has 1 saturated heterocycles. The molecule has 2 aromatic carbocycles. The molecule has 0 radical (unpaired) electrons. The van der Waals surface area contributed by atoms with Crippen LogP contribution in [0.15, 0.2) is 69.7 Å². The van der Waals surface area contributed by atoms with Crippen molar-refractivity contribution in [3.05, 3.63) is 76.6 Å². The zero-order valence-corrected chi connectivity index (χ0v) is 16.2. The summed E-state index contributed by atoms with van der Waals surface area (Å²) in [5.74, 6) is 0.994. The number of benzene rings is 2. The highest BCUT2D eigenvalue weighted by Gasteiger charge is 2.33. The summed E-state index contributed by atoms with van der Waals surface area (Å²) >= 11 is 3.42. The molecule has 1 amide bonds. The van der Waals surface area contributed by atoms with Crippen molar-refractivity contribution in [1.82, 2.24) is 15.0 Å². The van der Waals surface area contributed by atoms with Gasteiger partial charge in [-0.05, 0) is 48.7 Å². The Labute approximate surface area is 165 Å². The van der Waals surface area contributed by atoms with E-state index in [2.05, 4.69) is 26.1 Å². The lowest BCUT2D eigenvalue weighted by molar-refractivity contribution is -0.127. The lowest BCUT2D eigenvalue weighted by Gasteiger charge is -2.20. The van der Waals surface area contributed by atoms with Crippen LogP contribution >= 0.6 is 15.9 Å². The standard InChI is InChI=1S/C21H18BrN3O2/c22-17-11-9-16(10-12-17)20-23-21(27-24-20)18-7-4-14-25(18)19(26)13-8-15-5-2-1-3-6-15/h1-3,5-6,8-13,18H,4,7,14H2/b13-8+. The first-order valence-electron chi connectivity index (χ1n) is 8.84. The minimum absolute atomic E-state index is 0.0373. The zero-order valence-electron chi connectivity index (χ0n) is 14.6. The summed E-state index contributed by atoms with van der Waals surface area (Å²) < 4.78 is 6.48. The number of halogens is 1. The van der Waals surface area contributed by atoms with Crippen LogP contribution in [0.2, 0.25) is 0 Å². The second-order valence-corrected chi connectivity index (χ2v) is 7.31. The minimum atomic E-state index is -0.172. The van der Waals surface area contributed by atoms with Gasteiger partial charge in [-0.3, -0.25) is 4.79 Å². The molecule has 1 fully saturated rings. The van der Waals surface area contributed by atoms with E-state index in [0.717, 1.165) is 28.4 Å². The van der Waals surface area contributed by atoms with Gasteiger partial charge in [0.05, 0.1) is 0 Å². The number of aromatic nitrogens is 2. The van der Waals surface area contributed by atoms with Crippen molar-refractivity contribution in [1.29, 1.82) is 0 Å². The summed E-state index contributed by atoms with van der Waals surface area (Å²) in [4.78, 5) is 19.0. The molecule has 2 heterocycles. The molecule has 1 aliphatic rings. The first kappa shape index (κ1) is 17.7. The van der Waals surface area contributed by atoms with Crippen LogP contribution in [0.5, 0.6) is 0 Å². The number of amides is 1. The SMILES string of the molecule is O=C(/C=C/c1ccccc1)N1CCCC1c1nc(-c2ccc(Br)cc2)no1. The number of carbonyl (C=O) groups excluding carboxylic acids is 1. The molecule has 136 valence electrons. The second kappa shape index (κ2) is 7.88. The maximum atomic E-state index is 12.7. The van der Waals surface area contributed by atoms with Gasteiger partial charge in [0.1, 0.15) is 6.04 Å². The highest BCUT2D eigenvalue weighted by molar-refractivity contribution is 9.10. The topological polar surface area (TPSA) is 59.2 Å². The van der Waals surface area contributed by atoms with Crippen molar-refractivity contribution in [3.8, 4) is 11.4 Å². The van der Waals surface area contributed by atoms with E-state index in [-0.39, 0.29) is 11.9 Å². The molecule has 4 rings (SSSR count). The third-order valence-electron chi connectivity index (χ3n) is 4.58. The average molecular weight is 424 g/mol.